The number of carbonyl (C=O) groups is 1. The number of nitrogens with zero attached hydrogens (tertiary/aromatic N) is 1. The van der Waals surface area contributed by atoms with Crippen molar-refractivity contribution in [1.29, 1.82) is 0 Å². The first-order valence-corrected chi connectivity index (χ1v) is 4.75. The maximum Gasteiger partial charge on any atom is 0.278 e. The molecule has 0 aromatic heterocycles. The summed E-state index contributed by atoms with van der Waals surface area (Å²) in [6.07, 6.45) is 0.0354. The molecule has 0 saturated heterocycles. The second kappa shape index (κ2) is 3.42. The van der Waals surface area contributed by atoms with E-state index in [0.717, 1.165) is 11.1 Å². The van der Waals surface area contributed by atoms with Gasteiger partial charge in [0, 0.05) is 5.56 Å². The Bertz CT molecular complexity index is 360. The first kappa shape index (κ1) is 9.21. The molecule has 74 valence electrons. The molecule has 14 heavy (non-hydrogen) atoms. The van der Waals surface area contributed by atoms with Crippen molar-refractivity contribution >= 4 is 5.91 Å². The third-order valence-corrected chi connectivity index (χ3v) is 2.13. The summed E-state index contributed by atoms with van der Waals surface area (Å²) in [6.45, 7) is 4.39. The largest absolute Gasteiger partial charge is 0.278 e. The molecule has 1 aromatic carbocycles. The van der Waals surface area contributed by atoms with Gasteiger partial charge in [0.25, 0.3) is 5.91 Å². The van der Waals surface area contributed by atoms with Crippen LogP contribution in [-0.4, -0.2) is 17.1 Å². The summed E-state index contributed by atoms with van der Waals surface area (Å²) in [5, 5.41) is 1.43. The third kappa shape index (κ3) is 1.51. The number of benzene rings is 1. The normalized spacial score (nSPS) is 15.1. The molecule has 0 aliphatic carbocycles. The number of carbonyl (C=O) groups excluding carboxylic acids is 1. The number of hydrogen-bond acceptors (Lipinski definition) is 2. The molecule has 1 aliphatic heterocycles. The minimum atomic E-state index is -0.0331. The maximum absolute atomic E-state index is 11.7. The lowest BCUT2D eigenvalue weighted by Gasteiger charge is -2.17. The Balaban J connectivity index is 2.21. The molecule has 0 saturated carbocycles. The molecular formula is C11H13NO2. The lowest BCUT2D eigenvalue weighted by Crippen LogP contribution is -2.27. The quantitative estimate of drug-likeness (QED) is 0.715. The van der Waals surface area contributed by atoms with Gasteiger partial charge in [-0.2, -0.15) is 0 Å². The van der Waals surface area contributed by atoms with E-state index in [-0.39, 0.29) is 12.0 Å². The van der Waals surface area contributed by atoms with Crippen LogP contribution in [0, 0.1) is 0 Å². The Morgan fingerprint density at radius 2 is 2.07 bits per heavy atom. The molecule has 0 atom stereocenters. The number of fused-ring (bicyclic) bond motifs is 1. The highest BCUT2D eigenvalue weighted by Gasteiger charge is 2.28. The van der Waals surface area contributed by atoms with Gasteiger partial charge in [-0.05, 0) is 25.5 Å². The molecule has 3 nitrogen and oxygen atoms in total. The second-order valence-electron chi connectivity index (χ2n) is 3.65. The lowest BCUT2D eigenvalue weighted by molar-refractivity contribution is -0.153. The summed E-state index contributed by atoms with van der Waals surface area (Å²) in [5.74, 6) is -0.0331. The molecule has 3 heteroatoms. The van der Waals surface area contributed by atoms with Crippen LogP contribution in [0.1, 0.15) is 29.8 Å². The van der Waals surface area contributed by atoms with Crippen molar-refractivity contribution in [3.05, 3.63) is 35.4 Å². The molecule has 0 spiro atoms. The molecule has 1 amide bonds. The van der Waals surface area contributed by atoms with Gasteiger partial charge >= 0.3 is 0 Å². The molecule has 0 unspecified atom stereocenters. The Labute approximate surface area is 83.2 Å². The van der Waals surface area contributed by atoms with E-state index in [4.69, 9.17) is 4.84 Å². The SMILES string of the molecule is CC(C)ON1Cc2ccccc2C1=O. The molecule has 1 aromatic rings. The Morgan fingerprint density at radius 3 is 2.71 bits per heavy atom. The van der Waals surface area contributed by atoms with E-state index in [9.17, 15) is 4.79 Å². The van der Waals surface area contributed by atoms with Crippen LogP contribution >= 0.6 is 0 Å². The molecule has 2 rings (SSSR count). The zero-order valence-corrected chi connectivity index (χ0v) is 8.36. The Kier molecular flexibility index (Phi) is 2.25. The molecule has 0 radical (unpaired) electrons. The van der Waals surface area contributed by atoms with Crippen molar-refractivity contribution in [3.8, 4) is 0 Å². The van der Waals surface area contributed by atoms with Crippen LogP contribution in [0.15, 0.2) is 24.3 Å². The monoisotopic (exact) mass is 191 g/mol. The molecule has 0 N–H and O–H groups in total. The van der Waals surface area contributed by atoms with E-state index in [1.165, 1.54) is 5.06 Å². The molecule has 1 heterocycles. The van der Waals surface area contributed by atoms with Crippen LogP contribution in [0.3, 0.4) is 0 Å². The van der Waals surface area contributed by atoms with Crippen LogP contribution in [0.4, 0.5) is 0 Å². The summed E-state index contributed by atoms with van der Waals surface area (Å²) in [5.41, 5.74) is 1.80. The first-order chi connectivity index (χ1) is 6.68. The average Bonchev–Trinajstić information content (AvgIpc) is 2.44. The zero-order valence-electron chi connectivity index (χ0n) is 8.36. The highest BCUT2D eigenvalue weighted by molar-refractivity contribution is 5.97. The van der Waals surface area contributed by atoms with Crippen molar-refractivity contribution in [3.63, 3.8) is 0 Å². The molecule has 1 aliphatic rings. The molecular weight excluding hydrogens is 178 g/mol. The van der Waals surface area contributed by atoms with Gasteiger partial charge in [-0.1, -0.05) is 18.2 Å². The fourth-order valence-corrected chi connectivity index (χ4v) is 1.57. The van der Waals surface area contributed by atoms with Gasteiger partial charge < -0.3 is 0 Å². The first-order valence-electron chi connectivity index (χ1n) is 4.75. The molecule has 0 bridgehead atoms. The van der Waals surface area contributed by atoms with Crippen LogP contribution in [0.25, 0.3) is 0 Å². The van der Waals surface area contributed by atoms with Crippen molar-refractivity contribution in [1.82, 2.24) is 5.06 Å². The van der Waals surface area contributed by atoms with E-state index < -0.39 is 0 Å². The van der Waals surface area contributed by atoms with Gasteiger partial charge in [-0.25, -0.2) is 5.06 Å². The fourth-order valence-electron chi connectivity index (χ4n) is 1.57. The topological polar surface area (TPSA) is 29.5 Å². The summed E-state index contributed by atoms with van der Waals surface area (Å²) in [6, 6.07) is 7.60. The smallest absolute Gasteiger partial charge is 0.268 e. The third-order valence-electron chi connectivity index (χ3n) is 2.13. The predicted molar refractivity (Wildman–Crippen MR) is 52.5 cm³/mol. The number of hydrogen-bond donors (Lipinski definition) is 0. The number of rotatable bonds is 2. The van der Waals surface area contributed by atoms with Gasteiger partial charge in [0.05, 0.1) is 12.6 Å². The highest BCUT2D eigenvalue weighted by Crippen LogP contribution is 2.22. The van der Waals surface area contributed by atoms with E-state index in [2.05, 4.69) is 0 Å². The number of amides is 1. The molecule has 0 fully saturated rings. The van der Waals surface area contributed by atoms with Gasteiger partial charge in [0.15, 0.2) is 0 Å². The van der Waals surface area contributed by atoms with Crippen molar-refractivity contribution < 1.29 is 9.63 Å². The maximum atomic E-state index is 11.7. The van der Waals surface area contributed by atoms with Gasteiger partial charge in [0.2, 0.25) is 0 Å². The highest BCUT2D eigenvalue weighted by atomic mass is 16.7. The minimum Gasteiger partial charge on any atom is -0.268 e. The lowest BCUT2D eigenvalue weighted by atomic mass is 10.1. The average molecular weight is 191 g/mol. The van der Waals surface area contributed by atoms with E-state index in [1.54, 1.807) is 0 Å². The Hall–Kier alpha value is -1.35. The second-order valence-corrected chi connectivity index (χ2v) is 3.65. The summed E-state index contributed by atoms with van der Waals surface area (Å²) in [4.78, 5) is 17.1. The van der Waals surface area contributed by atoms with Gasteiger partial charge in [0.1, 0.15) is 0 Å². The van der Waals surface area contributed by atoms with E-state index in [0.29, 0.717) is 6.54 Å². The number of hydroxylamine groups is 2. The fraction of sp³-hybridized carbons (Fsp3) is 0.364. The minimum absolute atomic E-state index is 0.0331. The standard InChI is InChI=1S/C11H13NO2/c1-8(2)14-12-7-9-5-3-4-6-10(9)11(12)13/h3-6,8H,7H2,1-2H3. The van der Waals surface area contributed by atoms with E-state index in [1.807, 2.05) is 38.1 Å². The van der Waals surface area contributed by atoms with Gasteiger partial charge in [-0.3, -0.25) is 9.63 Å². The van der Waals surface area contributed by atoms with Crippen molar-refractivity contribution in [2.24, 2.45) is 0 Å². The summed E-state index contributed by atoms with van der Waals surface area (Å²) < 4.78 is 0. The van der Waals surface area contributed by atoms with Crippen LogP contribution in [0.5, 0.6) is 0 Å². The predicted octanol–water partition coefficient (Wildman–Crippen LogP) is 1.98. The Morgan fingerprint density at radius 1 is 1.36 bits per heavy atom. The van der Waals surface area contributed by atoms with Gasteiger partial charge in [-0.15, -0.1) is 0 Å². The summed E-state index contributed by atoms with van der Waals surface area (Å²) in [7, 11) is 0. The van der Waals surface area contributed by atoms with Crippen molar-refractivity contribution in [2.45, 2.75) is 26.5 Å². The van der Waals surface area contributed by atoms with Crippen molar-refractivity contribution in [2.75, 3.05) is 0 Å². The summed E-state index contributed by atoms with van der Waals surface area (Å²) >= 11 is 0. The van der Waals surface area contributed by atoms with Crippen LogP contribution in [0.2, 0.25) is 0 Å². The van der Waals surface area contributed by atoms with Crippen LogP contribution < -0.4 is 0 Å². The van der Waals surface area contributed by atoms with Crippen LogP contribution in [-0.2, 0) is 11.4 Å². The zero-order chi connectivity index (χ0) is 10.1. The van der Waals surface area contributed by atoms with E-state index >= 15 is 0 Å².